The predicted molar refractivity (Wildman–Crippen MR) is 78.9 cm³/mol. The molecule has 1 heterocycles. The topological polar surface area (TPSA) is 58.2 Å². The summed E-state index contributed by atoms with van der Waals surface area (Å²) >= 11 is 1.50. The van der Waals surface area contributed by atoms with E-state index in [9.17, 15) is 8.42 Å². The lowest BCUT2D eigenvalue weighted by Crippen LogP contribution is -2.33. The summed E-state index contributed by atoms with van der Waals surface area (Å²) in [5, 5.41) is 4.94. The predicted octanol–water partition coefficient (Wildman–Crippen LogP) is 2.24. The van der Waals surface area contributed by atoms with Crippen molar-refractivity contribution in [1.29, 1.82) is 0 Å². The zero-order valence-corrected chi connectivity index (χ0v) is 13.3. The number of thiophene rings is 1. The Bertz CT molecular complexity index is 537. The molecule has 0 radical (unpaired) electrons. The monoisotopic (exact) mass is 302 g/mol. The molecule has 4 nitrogen and oxygen atoms in total. The lowest BCUT2D eigenvalue weighted by Gasteiger charge is -2.14. The van der Waals surface area contributed by atoms with Crippen LogP contribution in [0.3, 0.4) is 0 Å². The third-order valence-electron chi connectivity index (χ3n) is 3.61. The highest BCUT2D eigenvalue weighted by Gasteiger charge is 2.29. The summed E-state index contributed by atoms with van der Waals surface area (Å²) in [5.74, 6) is 0.619. The van der Waals surface area contributed by atoms with E-state index in [4.69, 9.17) is 0 Å². The van der Waals surface area contributed by atoms with Gasteiger partial charge in [0.05, 0.1) is 0 Å². The molecule has 0 aliphatic heterocycles. The van der Waals surface area contributed by atoms with Gasteiger partial charge in [-0.25, -0.2) is 13.1 Å². The van der Waals surface area contributed by atoms with Crippen LogP contribution in [0.1, 0.15) is 36.6 Å². The molecule has 2 rings (SSSR count). The van der Waals surface area contributed by atoms with Gasteiger partial charge in [-0.05, 0) is 50.1 Å². The van der Waals surface area contributed by atoms with E-state index >= 15 is 0 Å². The molecular weight excluding hydrogens is 280 g/mol. The molecule has 0 spiro atoms. The standard InChI is InChI=1S/C13H22N2O2S2/c1-9-4-5-11(6-9)15-19(16,17)13-10(2)8-18-12(13)7-14-3/h8-9,11,14-15H,4-7H2,1-3H3. The fourth-order valence-electron chi connectivity index (χ4n) is 2.72. The van der Waals surface area contributed by atoms with Crippen molar-refractivity contribution in [3.05, 3.63) is 15.8 Å². The molecule has 1 aromatic heterocycles. The van der Waals surface area contributed by atoms with Crippen LogP contribution in [0.2, 0.25) is 0 Å². The van der Waals surface area contributed by atoms with Crippen LogP contribution in [0.4, 0.5) is 0 Å². The molecule has 19 heavy (non-hydrogen) atoms. The molecule has 1 aliphatic carbocycles. The summed E-state index contributed by atoms with van der Waals surface area (Å²) in [4.78, 5) is 1.37. The molecule has 1 aromatic rings. The number of hydrogen-bond acceptors (Lipinski definition) is 4. The zero-order chi connectivity index (χ0) is 14.0. The van der Waals surface area contributed by atoms with Crippen LogP contribution in [0, 0.1) is 12.8 Å². The number of nitrogens with one attached hydrogen (secondary N) is 2. The van der Waals surface area contributed by atoms with Crippen molar-refractivity contribution < 1.29 is 8.42 Å². The first kappa shape index (κ1) is 15.0. The largest absolute Gasteiger partial charge is 0.315 e. The summed E-state index contributed by atoms with van der Waals surface area (Å²) in [6.45, 7) is 4.63. The molecule has 1 aliphatic rings. The fourth-order valence-corrected chi connectivity index (χ4v) is 5.83. The van der Waals surface area contributed by atoms with Crippen molar-refractivity contribution in [3.63, 3.8) is 0 Å². The number of hydrogen-bond donors (Lipinski definition) is 2. The van der Waals surface area contributed by atoms with Crippen molar-refractivity contribution in [2.75, 3.05) is 7.05 Å². The van der Waals surface area contributed by atoms with E-state index in [0.29, 0.717) is 17.4 Å². The van der Waals surface area contributed by atoms with Crippen molar-refractivity contribution in [2.45, 2.75) is 50.6 Å². The number of sulfonamides is 1. The van der Waals surface area contributed by atoms with Crippen molar-refractivity contribution >= 4 is 21.4 Å². The molecule has 2 unspecified atom stereocenters. The van der Waals surface area contributed by atoms with E-state index in [0.717, 1.165) is 29.7 Å². The average Bonchev–Trinajstić information content (AvgIpc) is 2.86. The Balaban J connectivity index is 2.21. The van der Waals surface area contributed by atoms with E-state index < -0.39 is 10.0 Å². The van der Waals surface area contributed by atoms with E-state index in [1.165, 1.54) is 11.3 Å². The minimum atomic E-state index is -3.39. The van der Waals surface area contributed by atoms with Gasteiger partial charge in [0.15, 0.2) is 0 Å². The lowest BCUT2D eigenvalue weighted by atomic mass is 10.1. The van der Waals surface area contributed by atoms with Crippen LogP contribution < -0.4 is 10.0 Å². The van der Waals surface area contributed by atoms with Gasteiger partial charge in [-0.2, -0.15) is 0 Å². The molecule has 0 saturated heterocycles. The first-order chi connectivity index (χ1) is 8.94. The van der Waals surface area contributed by atoms with Crippen LogP contribution in [0.15, 0.2) is 10.3 Å². The quantitative estimate of drug-likeness (QED) is 0.877. The Kier molecular flexibility index (Phi) is 4.66. The van der Waals surface area contributed by atoms with Gasteiger partial charge in [0.2, 0.25) is 10.0 Å². The average molecular weight is 302 g/mol. The summed E-state index contributed by atoms with van der Waals surface area (Å²) in [7, 11) is -1.56. The first-order valence-corrected chi connectivity index (χ1v) is 9.04. The van der Waals surface area contributed by atoms with Crippen LogP contribution in [-0.4, -0.2) is 21.5 Å². The van der Waals surface area contributed by atoms with Gasteiger partial charge >= 0.3 is 0 Å². The van der Waals surface area contributed by atoms with Crippen LogP contribution in [0.5, 0.6) is 0 Å². The Morgan fingerprint density at radius 3 is 2.74 bits per heavy atom. The van der Waals surface area contributed by atoms with Crippen LogP contribution >= 0.6 is 11.3 Å². The van der Waals surface area contributed by atoms with E-state index in [1.807, 2.05) is 19.4 Å². The van der Waals surface area contributed by atoms with Gasteiger partial charge in [-0.3, -0.25) is 0 Å². The van der Waals surface area contributed by atoms with Crippen LogP contribution in [0.25, 0.3) is 0 Å². The first-order valence-electron chi connectivity index (χ1n) is 6.68. The Hall–Kier alpha value is -0.430. The smallest absolute Gasteiger partial charge is 0.242 e. The van der Waals surface area contributed by atoms with Gasteiger partial charge < -0.3 is 5.32 Å². The summed E-state index contributed by atoms with van der Waals surface area (Å²) in [6.07, 6.45) is 3.01. The Morgan fingerprint density at radius 2 is 2.16 bits per heavy atom. The fraction of sp³-hybridized carbons (Fsp3) is 0.692. The molecule has 0 aromatic carbocycles. The minimum absolute atomic E-state index is 0.0988. The summed E-state index contributed by atoms with van der Waals surface area (Å²) in [6, 6.07) is 0.0988. The normalized spacial score (nSPS) is 23.9. The van der Waals surface area contributed by atoms with Gasteiger partial charge in [0, 0.05) is 17.5 Å². The van der Waals surface area contributed by atoms with Gasteiger partial charge in [-0.15, -0.1) is 11.3 Å². The van der Waals surface area contributed by atoms with Gasteiger partial charge in [0.1, 0.15) is 4.90 Å². The highest BCUT2D eigenvalue weighted by atomic mass is 32.2. The van der Waals surface area contributed by atoms with Crippen molar-refractivity contribution in [1.82, 2.24) is 10.0 Å². The number of aryl methyl sites for hydroxylation is 1. The maximum atomic E-state index is 12.5. The SMILES string of the molecule is CNCc1scc(C)c1S(=O)(=O)NC1CCC(C)C1. The number of rotatable bonds is 5. The maximum absolute atomic E-state index is 12.5. The van der Waals surface area contributed by atoms with E-state index in [-0.39, 0.29) is 6.04 Å². The highest BCUT2D eigenvalue weighted by molar-refractivity contribution is 7.89. The maximum Gasteiger partial charge on any atom is 0.242 e. The third-order valence-corrected chi connectivity index (χ3v) is 6.60. The van der Waals surface area contributed by atoms with Gasteiger partial charge in [0.25, 0.3) is 0 Å². The molecule has 2 atom stereocenters. The molecule has 0 amide bonds. The van der Waals surface area contributed by atoms with Crippen molar-refractivity contribution in [3.8, 4) is 0 Å². The minimum Gasteiger partial charge on any atom is -0.315 e. The molecular formula is C13H22N2O2S2. The summed E-state index contributed by atoms with van der Waals surface area (Å²) < 4.78 is 28.0. The van der Waals surface area contributed by atoms with Crippen LogP contribution in [-0.2, 0) is 16.6 Å². The van der Waals surface area contributed by atoms with Crippen molar-refractivity contribution in [2.24, 2.45) is 5.92 Å². The highest BCUT2D eigenvalue weighted by Crippen LogP contribution is 2.30. The molecule has 1 saturated carbocycles. The Morgan fingerprint density at radius 1 is 1.42 bits per heavy atom. The second kappa shape index (κ2) is 5.91. The summed E-state index contributed by atoms with van der Waals surface area (Å²) in [5.41, 5.74) is 0.841. The molecule has 1 fully saturated rings. The van der Waals surface area contributed by atoms with Gasteiger partial charge in [-0.1, -0.05) is 6.92 Å². The third kappa shape index (κ3) is 3.37. The molecule has 6 heteroatoms. The van der Waals surface area contributed by atoms with E-state index in [1.54, 1.807) is 0 Å². The second-order valence-corrected chi connectivity index (χ2v) is 8.05. The second-order valence-electron chi connectivity index (χ2n) is 5.44. The van der Waals surface area contributed by atoms with E-state index in [2.05, 4.69) is 17.0 Å². The Labute approximate surface area is 119 Å². The zero-order valence-electron chi connectivity index (χ0n) is 11.7. The lowest BCUT2D eigenvalue weighted by molar-refractivity contribution is 0.537. The molecule has 2 N–H and O–H groups in total. The molecule has 108 valence electrons. The molecule has 0 bridgehead atoms.